The molecule has 0 aliphatic carbocycles. The Morgan fingerprint density at radius 1 is 1.00 bits per heavy atom. The zero-order valence-electron chi connectivity index (χ0n) is 13.5. The van der Waals surface area contributed by atoms with Crippen LogP contribution in [0.3, 0.4) is 0 Å². The van der Waals surface area contributed by atoms with Crippen LogP contribution in [0.4, 0.5) is 4.39 Å². The lowest BCUT2D eigenvalue weighted by Gasteiger charge is -2.34. The van der Waals surface area contributed by atoms with E-state index in [1.54, 1.807) is 12.1 Å². The molecular formula is C16H15Cl3FN3O2S. The Morgan fingerprint density at radius 3 is 2.19 bits per heavy atom. The number of hydrogen-bond acceptors (Lipinski definition) is 4. The summed E-state index contributed by atoms with van der Waals surface area (Å²) >= 11 is 17.5. The molecule has 1 aliphatic heterocycles. The lowest BCUT2D eigenvalue weighted by atomic mass is 10.2. The zero-order chi connectivity index (χ0) is 18.9. The molecule has 0 unspecified atom stereocenters. The standard InChI is InChI=1S/C16H15Cl3FN3O2S/c17-13-9-12(1-2-14(13)20)26(24,25)23-5-3-22(4-6-23)10-11-7-15(18)21-16(19)8-11/h1-2,7-9H,3-6,10H2. The van der Waals surface area contributed by atoms with Gasteiger partial charge < -0.3 is 0 Å². The number of hydrogen-bond donors (Lipinski definition) is 0. The predicted molar refractivity (Wildman–Crippen MR) is 99.7 cm³/mol. The van der Waals surface area contributed by atoms with Gasteiger partial charge in [-0.25, -0.2) is 17.8 Å². The van der Waals surface area contributed by atoms with Gasteiger partial charge in [-0.15, -0.1) is 0 Å². The molecule has 3 rings (SSSR count). The van der Waals surface area contributed by atoms with Crippen molar-refractivity contribution in [3.63, 3.8) is 0 Å². The van der Waals surface area contributed by atoms with Gasteiger partial charge in [0.05, 0.1) is 9.92 Å². The van der Waals surface area contributed by atoms with Gasteiger partial charge in [-0.3, -0.25) is 4.90 Å². The molecule has 26 heavy (non-hydrogen) atoms. The lowest BCUT2D eigenvalue weighted by Crippen LogP contribution is -2.48. The fraction of sp³-hybridized carbons (Fsp3) is 0.312. The second kappa shape index (κ2) is 7.96. The van der Waals surface area contributed by atoms with E-state index >= 15 is 0 Å². The van der Waals surface area contributed by atoms with Crippen LogP contribution in [-0.2, 0) is 16.6 Å². The van der Waals surface area contributed by atoms with Crippen LogP contribution >= 0.6 is 34.8 Å². The minimum absolute atomic E-state index is 0.00922. The largest absolute Gasteiger partial charge is 0.296 e. The highest BCUT2D eigenvalue weighted by molar-refractivity contribution is 7.89. The van der Waals surface area contributed by atoms with Crippen molar-refractivity contribution in [1.29, 1.82) is 0 Å². The van der Waals surface area contributed by atoms with Gasteiger partial charge in [0.1, 0.15) is 16.1 Å². The number of halogens is 4. The van der Waals surface area contributed by atoms with E-state index in [0.717, 1.165) is 17.7 Å². The number of benzene rings is 1. The van der Waals surface area contributed by atoms with E-state index in [4.69, 9.17) is 34.8 Å². The molecule has 5 nitrogen and oxygen atoms in total. The van der Waals surface area contributed by atoms with Gasteiger partial charge in [-0.2, -0.15) is 4.31 Å². The van der Waals surface area contributed by atoms with Gasteiger partial charge in [0.2, 0.25) is 10.0 Å². The van der Waals surface area contributed by atoms with Crippen LogP contribution in [0, 0.1) is 5.82 Å². The topological polar surface area (TPSA) is 53.5 Å². The highest BCUT2D eigenvalue weighted by Gasteiger charge is 2.29. The van der Waals surface area contributed by atoms with Crippen molar-refractivity contribution in [2.45, 2.75) is 11.4 Å². The summed E-state index contributed by atoms with van der Waals surface area (Å²) in [5.74, 6) is -0.648. The SMILES string of the molecule is O=S(=O)(c1ccc(F)c(Cl)c1)N1CCN(Cc2cc(Cl)nc(Cl)c2)CC1. The fourth-order valence-electron chi connectivity index (χ4n) is 2.78. The summed E-state index contributed by atoms with van der Waals surface area (Å²) in [5, 5.41) is 0.431. The Balaban J connectivity index is 1.66. The van der Waals surface area contributed by atoms with Crippen molar-refractivity contribution in [3.8, 4) is 0 Å². The summed E-state index contributed by atoms with van der Waals surface area (Å²) in [5.41, 5.74) is 0.914. The van der Waals surface area contributed by atoms with Crippen LogP contribution in [0.25, 0.3) is 0 Å². The molecule has 2 heterocycles. The summed E-state index contributed by atoms with van der Waals surface area (Å²) in [6, 6.07) is 6.89. The second-order valence-corrected chi connectivity index (χ2v) is 9.00. The number of aromatic nitrogens is 1. The van der Waals surface area contributed by atoms with Gasteiger partial charge in [-0.05, 0) is 35.9 Å². The normalized spacial score (nSPS) is 16.8. The highest BCUT2D eigenvalue weighted by atomic mass is 35.5. The monoisotopic (exact) mass is 437 g/mol. The smallest absolute Gasteiger partial charge is 0.243 e. The molecule has 1 saturated heterocycles. The van der Waals surface area contributed by atoms with Crippen LogP contribution in [0.5, 0.6) is 0 Å². The maximum atomic E-state index is 13.3. The third kappa shape index (κ3) is 4.47. The molecule has 0 bridgehead atoms. The van der Waals surface area contributed by atoms with E-state index < -0.39 is 15.8 Å². The third-order valence-corrected chi connectivity index (χ3v) is 6.66. The first-order chi connectivity index (χ1) is 12.3. The van der Waals surface area contributed by atoms with Gasteiger partial charge in [0.25, 0.3) is 0 Å². The molecule has 1 aromatic heterocycles. The van der Waals surface area contributed by atoms with Crippen molar-refractivity contribution < 1.29 is 12.8 Å². The molecule has 0 amide bonds. The van der Waals surface area contributed by atoms with E-state index in [1.165, 1.54) is 10.4 Å². The molecular weight excluding hydrogens is 424 g/mol. The van der Waals surface area contributed by atoms with Crippen LogP contribution in [0.15, 0.2) is 35.2 Å². The number of rotatable bonds is 4. The van der Waals surface area contributed by atoms with Crippen molar-refractivity contribution in [1.82, 2.24) is 14.2 Å². The molecule has 0 spiro atoms. The number of pyridine rings is 1. The average Bonchev–Trinajstić information content (AvgIpc) is 2.57. The van der Waals surface area contributed by atoms with Gasteiger partial charge in [-0.1, -0.05) is 34.8 Å². The van der Waals surface area contributed by atoms with Crippen LogP contribution in [-0.4, -0.2) is 48.8 Å². The van der Waals surface area contributed by atoms with E-state index in [0.29, 0.717) is 43.0 Å². The highest BCUT2D eigenvalue weighted by Crippen LogP contribution is 2.24. The maximum absolute atomic E-state index is 13.3. The van der Waals surface area contributed by atoms with E-state index in [-0.39, 0.29) is 9.92 Å². The second-order valence-electron chi connectivity index (χ2n) is 5.88. The Morgan fingerprint density at radius 2 is 1.62 bits per heavy atom. The van der Waals surface area contributed by atoms with Crippen molar-refractivity contribution in [3.05, 3.63) is 57.0 Å². The average molecular weight is 439 g/mol. The number of nitrogens with zero attached hydrogens (tertiary/aromatic N) is 3. The Labute approximate surface area is 166 Å². The Bertz CT molecular complexity index is 899. The Hall–Kier alpha value is -0.960. The number of piperazine rings is 1. The molecule has 1 aromatic carbocycles. The van der Waals surface area contributed by atoms with Crippen molar-refractivity contribution in [2.24, 2.45) is 0 Å². The lowest BCUT2D eigenvalue weighted by molar-refractivity contribution is 0.181. The molecule has 1 fully saturated rings. The molecule has 2 aromatic rings. The first-order valence-electron chi connectivity index (χ1n) is 7.75. The first kappa shape index (κ1) is 19.8. The maximum Gasteiger partial charge on any atom is 0.243 e. The molecule has 140 valence electrons. The Kier molecular flexibility index (Phi) is 6.06. The first-order valence-corrected chi connectivity index (χ1v) is 10.3. The van der Waals surface area contributed by atoms with Gasteiger partial charge >= 0.3 is 0 Å². The summed E-state index contributed by atoms with van der Waals surface area (Å²) in [7, 11) is -3.71. The molecule has 10 heteroatoms. The van der Waals surface area contributed by atoms with Crippen molar-refractivity contribution in [2.75, 3.05) is 26.2 Å². The quantitative estimate of drug-likeness (QED) is 0.683. The molecule has 0 radical (unpaired) electrons. The van der Waals surface area contributed by atoms with Crippen LogP contribution in [0.2, 0.25) is 15.3 Å². The van der Waals surface area contributed by atoms with Crippen LogP contribution < -0.4 is 0 Å². The van der Waals surface area contributed by atoms with Crippen molar-refractivity contribution >= 4 is 44.8 Å². The molecule has 0 saturated carbocycles. The summed E-state index contributed by atoms with van der Waals surface area (Å²) in [4.78, 5) is 6.00. The van der Waals surface area contributed by atoms with Gasteiger partial charge in [0.15, 0.2) is 0 Å². The summed E-state index contributed by atoms with van der Waals surface area (Å²) < 4.78 is 40.0. The molecule has 1 aliphatic rings. The van der Waals surface area contributed by atoms with E-state index in [2.05, 4.69) is 9.88 Å². The third-order valence-electron chi connectivity index (χ3n) is 4.09. The van der Waals surface area contributed by atoms with Crippen LogP contribution in [0.1, 0.15) is 5.56 Å². The molecule has 0 atom stereocenters. The van der Waals surface area contributed by atoms with Gasteiger partial charge in [0, 0.05) is 32.7 Å². The number of sulfonamides is 1. The summed E-state index contributed by atoms with van der Waals surface area (Å²) in [6.07, 6.45) is 0. The predicted octanol–water partition coefficient (Wildman–Crippen LogP) is 3.69. The minimum atomic E-state index is -3.71. The van der Waals surface area contributed by atoms with E-state index in [1.807, 2.05) is 0 Å². The van der Waals surface area contributed by atoms with E-state index in [9.17, 15) is 12.8 Å². The fourth-order valence-corrected chi connectivity index (χ4v) is 4.98. The zero-order valence-corrected chi connectivity index (χ0v) is 16.6. The minimum Gasteiger partial charge on any atom is -0.296 e. The molecule has 0 N–H and O–H groups in total. The summed E-state index contributed by atoms with van der Waals surface area (Å²) in [6.45, 7) is 2.34.